The van der Waals surface area contributed by atoms with E-state index in [0.717, 1.165) is 13.1 Å². The largest absolute Gasteiger partial charge is 0.493 e. The predicted molar refractivity (Wildman–Crippen MR) is 77.0 cm³/mol. The molecule has 0 unspecified atom stereocenters. The lowest BCUT2D eigenvalue weighted by Crippen LogP contribution is -2.45. The van der Waals surface area contributed by atoms with Crippen LogP contribution < -0.4 is 21.1 Å². The molecular weight excluding hydrogens is 258 g/mol. The lowest BCUT2D eigenvalue weighted by molar-refractivity contribution is 0.0287. The van der Waals surface area contributed by atoms with Crippen molar-refractivity contribution in [3.63, 3.8) is 0 Å². The molecule has 0 aliphatic carbocycles. The Labute approximate surface area is 118 Å². The van der Waals surface area contributed by atoms with Crippen LogP contribution in [0.15, 0.2) is 18.2 Å². The molecule has 0 bridgehead atoms. The maximum Gasteiger partial charge on any atom is 0.255 e. The molecule has 20 heavy (non-hydrogen) atoms. The van der Waals surface area contributed by atoms with Crippen molar-refractivity contribution >= 4 is 11.6 Å². The Morgan fingerprint density at radius 3 is 3.15 bits per heavy atom. The van der Waals surface area contributed by atoms with Crippen LogP contribution in [0, 0.1) is 0 Å². The molecule has 0 aromatic heterocycles. The van der Waals surface area contributed by atoms with E-state index in [-0.39, 0.29) is 12.0 Å². The minimum absolute atomic E-state index is 0.0111. The van der Waals surface area contributed by atoms with Gasteiger partial charge in [0.15, 0.2) is 0 Å². The summed E-state index contributed by atoms with van der Waals surface area (Å²) in [6.45, 7) is 5.11. The Kier molecular flexibility index (Phi) is 5.20. The van der Waals surface area contributed by atoms with E-state index < -0.39 is 0 Å². The summed E-state index contributed by atoms with van der Waals surface area (Å²) in [6.07, 6.45) is 0.0111. The quantitative estimate of drug-likeness (QED) is 0.679. The van der Waals surface area contributed by atoms with Gasteiger partial charge in [-0.05, 0) is 19.1 Å². The van der Waals surface area contributed by atoms with Crippen LogP contribution in [-0.4, -0.2) is 44.9 Å². The van der Waals surface area contributed by atoms with E-state index in [4.69, 9.17) is 15.2 Å². The molecule has 0 spiro atoms. The monoisotopic (exact) mass is 279 g/mol. The van der Waals surface area contributed by atoms with Gasteiger partial charge in [-0.1, -0.05) is 0 Å². The molecule has 6 heteroatoms. The van der Waals surface area contributed by atoms with Crippen LogP contribution in [0.2, 0.25) is 0 Å². The van der Waals surface area contributed by atoms with E-state index >= 15 is 0 Å². The number of anilines is 1. The fourth-order valence-electron chi connectivity index (χ4n) is 2.05. The number of nitrogen functional groups attached to an aromatic ring is 1. The SMILES string of the molecule is CCOc1cc(N)ccc1C(=O)NC[C@H]1CNCCO1. The molecule has 1 fully saturated rings. The topological polar surface area (TPSA) is 85.6 Å². The van der Waals surface area contributed by atoms with Crippen LogP contribution in [0.1, 0.15) is 17.3 Å². The van der Waals surface area contributed by atoms with Gasteiger partial charge in [-0.25, -0.2) is 0 Å². The Morgan fingerprint density at radius 2 is 2.45 bits per heavy atom. The summed E-state index contributed by atoms with van der Waals surface area (Å²) in [5.41, 5.74) is 6.77. The van der Waals surface area contributed by atoms with Crippen molar-refractivity contribution in [3.8, 4) is 5.75 Å². The highest BCUT2D eigenvalue weighted by Gasteiger charge is 2.17. The number of carbonyl (C=O) groups excluding carboxylic acids is 1. The van der Waals surface area contributed by atoms with E-state index in [1.165, 1.54) is 0 Å². The molecule has 110 valence electrons. The van der Waals surface area contributed by atoms with Gasteiger partial charge in [0.25, 0.3) is 5.91 Å². The number of morpholine rings is 1. The number of hydrogen-bond acceptors (Lipinski definition) is 5. The molecule has 6 nitrogen and oxygen atoms in total. The summed E-state index contributed by atoms with van der Waals surface area (Å²) >= 11 is 0. The first kappa shape index (κ1) is 14.6. The predicted octanol–water partition coefficient (Wildman–Crippen LogP) is 0.386. The molecule has 1 atom stereocenters. The Bertz CT molecular complexity index is 459. The summed E-state index contributed by atoms with van der Waals surface area (Å²) in [5, 5.41) is 6.08. The van der Waals surface area contributed by atoms with Crippen LogP contribution in [-0.2, 0) is 4.74 Å². The molecular formula is C14H21N3O3. The van der Waals surface area contributed by atoms with E-state index in [0.29, 0.717) is 36.8 Å². The molecule has 2 rings (SSSR count). The smallest absolute Gasteiger partial charge is 0.255 e. The average Bonchev–Trinajstić information content (AvgIpc) is 2.46. The zero-order valence-corrected chi connectivity index (χ0v) is 11.6. The Hall–Kier alpha value is -1.79. The third-order valence-corrected chi connectivity index (χ3v) is 3.04. The highest BCUT2D eigenvalue weighted by atomic mass is 16.5. The molecule has 1 aromatic rings. The molecule has 0 radical (unpaired) electrons. The second kappa shape index (κ2) is 7.12. The van der Waals surface area contributed by atoms with Crippen LogP contribution in [0.3, 0.4) is 0 Å². The molecule has 1 aliphatic heterocycles. The van der Waals surface area contributed by atoms with E-state index in [2.05, 4.69) is 10.6 Å². The normalized spacial score (nSPS) is 18.6. The van der Waals surface area contributed by atoms with Crippen LogP contribution in [0.4, 0.5) is 5.69 Å². The molecule has 1 amide bonds. The zero-order chi connectivity index (χ0) is 14.4. The van der Waals surface area contributed by atoms with Gasteiger partial charge in [-0.2, -0.15) is 0 Å². The molecule has 1 saturated heterocycles. The number of ether oxygens (including phenoxy) is 2. The van der Waals surface area contributed by atoms with Crippen LogP contribution in [0.25, 0.3) is 0 Å². The van der Waals surface area contributed by atoms with Gasteiger partial charge >= 0.3 is 0 Å². The number of benzene rings is 1. The Balaban J connectivity index is 1.97. The highest BCUT2D eigenvalue weighted by molar-refractivity contribution is 5.97. The van der Waals surface area contributed by atoms with Crippen molar-refractivity contribution in [2.45, 2.75) is 13.0 Å². The van der Waals surface area contributed by atoms with Crippen molar-refractivity contribution in [2.24, 2.45) is 0 Å². The van der Waals surface area contributed by atoms with Crippen LogP contribution >= 0.6 is 0 Å². The first-order chi connectivity index (χ1) is 9.70. The second-order valence-electron chi connectivity index (χ2n) is 4.60. The van der Waals surface area contributed by atoms with Crippen LogP contribution in [0.5, 0.6) is 5.75 Å². The van der Waals surface area contributed by atoms with Gasteiger partial charge in [-0.15, -0.1) is 0 Å². The zero-order valence-electron chi connectivity index (χ0n) is 11.6. The van der Waals surface area contributed by atoms with Crippen molar-refractivity contribution in [1.29, 1.82) is 0 Å². The average molecular weight is 279 g/mol. The van der Waals surface area contributed by atoms with Crippen molar-refractivity contribution in [3.05, 3.63) is 23.8 Å². The maximum absolute atomic E-state index is 12.2. The van der Waals surface area contributed by atoms with Crippen molar-refractivity contribution in [2.75, 3.05) is 38.6 Å². The number of hydrogen-bond donors (Lipinski definition) is 3. The molecule has 1 aliphatic rings. The van der Waals surface area contributed by atoms with E-state index in [1.807, 2.05) is 6.92 Å². The molecule has 4 N–H and O–H groups in total. The number of nitrogens with one attached hydrogen (secondary N) is 2. The second-order valence-corrected chi connectivity index (χ2v) is 4.60. The lowest BCUT2D eigenvalue weighted by atomic mass is 10.1. The summed E-state index contributed by atoms with van der Waals surface area (Å²) in [6, 6.07) is 5.03. The fourth-order valence-corrected chi connectivity index (χ4v) is 2.05. The summed E-state index contributed by atoms with van der Waals surface area (Å²) in [4.78, 5) is 12.2. The molecule has 1 heterocycles. The number of nitrogens with two attached hydrogens (primary N) is 1. The number of amides is 1. The van der Waals surface area contributed by atoms with Gasteiger partial charge in [0.1, 0.15) is 5.75 Å². The highest BCUT2D eigenvalue weighted by Crippen LogP contribution is 2.21. The number of rotatable bonds is 5. The summed E-state index contributed by atoms with van der Waals surface area (Å²) in [7, 11) is 0. The van der Waals surface area contributed by atoms with E-state index in [1.54, 1.807) is 18.2 Å². The first-order valence-corrected chi connectivity index (χ1v) is 6.83. The molecule has 0 saturated carbocycles. The Morgan fingerprint density at radius 1 is 1.60 bits per heavy atom. The minimum atomic E-state index is -0.178. The third-order valence-electron chi connectivity index (χ3n) is 3.04. The van der Waals surface area contributed by atoms with Gasteiger partial charge in [0.05, 0.1) is 24.9 Å². The third kappa shape index (κ3) is 3.85. The maximum atomic E-state index is 12.2. The summed E-state index contributed by atoms with van der Waals surface area (Å²) < 4.78 is 11.0. The standard InChI is InChI=1S/C14H21N3O3/c1-2-19-13-7-10(15)3-4-12(13)14(18)17-9-11-8-16-5-6-20-11/h3-4,7,11,16H,2,5-6,8-9,15H2,1H3,(H,17,18)/t11-/m1/s1. The van der Waals surface area contributed by atoms with Gasteiger partial charge in [-0.3, -0.25) is 4.79 Å². The molecule has 1 aromatic carbocycles. The fraction of sp³-hybridized carbons (Fsp3) is 0.500. The first-order valence-electron chi connectivity index (χ1n) is 6.83. The van der Waals surface area contributed by atoms with Gasteiger partial charge in [0.2, 0.25) is 0 Å². The van der Waals surface area contributed by atoms with Crippen molar-refractivity contribution < 1.29 is 14.3 Å². The summed E-state index contributed by atoms with van der Waals surface area (Å²) in [5.74, 6) is 0.329. The minimum Gasteiger partial charge on any atom is -0.493 e. The van der Waals surface area contributed by atoms with Gasteiger partial charge < -0.3 is 25.8 Å². The number of carbonyl (C=O) groups is 1. The lowest BCUT2D eigenvalue weighted by Gasteiger charge is -2.23. The van der Waals surface area contributed by atoms with Gasteiger partial charge in [0, 0.05) is 31.4 Å². The van der Waals surface area contributed by atoms with E-state index in [9.17, 15) is 4.79 Å². The van der Waals surface area contributed by atoms with Crippen molar-refractivity contribution in [1.82, 2.24) is 10.6 Å².